The lowest BCUT2D eigenvalue weighted by Crippen LogP contribution is -1.86. The molecule has 3 heterocycles. The molecule has 0 radical (unpaired) electrons. The van der Waals surface area contributed by atoms with E-state index in [1.54, 1.807) is 11.3 Å². The molecule has 0 amide bonds. The van der Waals surface area contributed by atoms with Gasteiger partial charge in [0.15, 0.2) is 0 Å². The number of rotatable bonds is 1. The van der Waals surface area contributed by atoms with Gasteiger partial charge in [-0.25, -0.2) is 9.97 Å². The molecule has 4 heteroatoms. The normalized spacial score (nSPS) is 11.4. The third-order valence-corrected chi connectivity index (χ3v) is 4.27. The summed E-state index contributed by atoms with van der Waals surface area (Å²) in [6.07, 6.45) is 2.06. The first-order valence-corrected chi connectivity index (χ1v) is 6.93. The zero-order valence-corrected chi connectivity index (χ0v) is 11.2. The van der Waals surface area contributed by atoms with Crippen LogP contribution in [-0.4, -0.2) is 14.4 Å². The monoisotopic (exact) mass is 265 g/mol. The van der Waals surface area contributed by atoms with Crippen molar-refractivity contribution in [1.29, 1.82) is 0 Å². The summed E-state index contributed by atoms with van der Waals surface area (Å²) in [5, 5.41) is 0.976. The number of hydrogen-bond donors (Lipinski definition) is 0. The molecule has 1 aromatic carbocycles. The molecule has 0 aliphatic heterocycles. The van der Waals surface area contributed by atoms with Crippen LogP contribution in [0.1, 0.15) is 5.69 Å². The minimum Gasteiger partial charge on any atom is -0.304 e. The highest BCUT2D eigenvalue weighted by Gasteiger charge is 2.10. The van der Waals surface area contributed by atoms with Gasteiger partial charge in [0, 0.05) is 11.9 Å². The number of benzene rings is 1. The van der Waals surface area contributed by atoms with E-state index in [2.05, 4.69) is 39.6 Å². The highest BCUT2D eigenvalue weighted by Crippen LogP contribution is 2.29. The fourth-order valence-electron chi connectivity index (χ4n) is 2.23. The van der Waals surface area contributed by atoms with Crippen molar-refractivity contribution in [3.8, 4) is 10.7 Å². The maximum atomic E-state index is 4.65. The quantitative estimate of drug-likeness (QED) is 0.522. The number of thiazole rings is 1. The summed E-state index contributed by atoms with van der Waals surface area (Å²) in [4.78, 5) is 9.30. The summed E-state index contributed by atoms with van der Waals surface area (Å²) < 4.78 is 3.30. The molecular weight excluding hydrogens is 254 g/mol. The van der Waals surface area contributed by atoms with Crippen LogP contribution in [0.4, 0.5) is 0 Å². The van der Waals surface area contributed by atoms with Gasteiger partial charge in [0.2, 0.25) is 0 Å². The number of pyridine rings is 1. The van der Waals surface area contributed by atoms with Crippen LogP contribution >= 0.6 is 11.3 Å². The molecule has 3 nitrogen and oxygen atoms in total. The van der Waals surface area contributed by atoms with Crippen LogP contribution < -0.4 is 0 Å². The highest BCUT2D eigenvalue weighted by atomic mass is 32.1. The summed E-state index contributed by atoms with van der Waals surface area (Å²) in [7, 11) is 0. The maximum Gasteiger partial charge on any atom is 0.144 e. The molecule has 4 rings (SSSR count). The largest absolute Gasteiger partial charge is 0.304 e. The van der Waals surface area contributed by atoms with E-state index in [-0.39, 0.29) is 0 Å². The van der Waals surface area contributed by atoms with Crippen LogP contribution in [-0.2, 0) is 0 Å². The van der Waals surface area contributed by atoms with Crippen LogP contribution in [0.3, 0.4) is 0 Å². The van der Waals surface area contributed by atoms with Gasteiger partial charge >= 0.3 is 0 Å². The first-order chi connectivity index (χ1) is 9.31. The molecule has 0 fully saturated rings. The predicted molar refractivity (Wildman–Crippen MR) is 78.5 cm³/mol. The zero-order valence-electron chi connectivity index (χ0n) is 10.4. The first kappa shape index (κ1) is 10.7. The minimum absolute atomic E-state index is 0.940. The average Bonchev–Trinajstić information content (AvgIpc) is 3.02. The molecule has 0 spiro atoms. The molecule has 4 aromatic rings. The van der Waals surface area contributed by atoms with Crippen LogP contribution in [0.5, 0.6) is 0 Å². The van der Waals surface area contributed by atoms with Gasteiger partial charge in [-0.05, 0) is 31.2 Å². The number of imidazole rings is 1. The van der Waals surface area contributed by atoms with Crippen molar-refractivity contribution in [3.63, 3.8) is 0 Å². The maximum absolute atomic E-state index is 4.65. The van der Waals surface area contributed by atoms with E-state index in [1.807, 2.05) is 30.3 Å². The second kappa shape index (κ2) is 3.90. The molecule has 19 heavy (non-hydrogen) atoms. The number of nitrogens with zero attached hydrogens (tertiary/aromatic N) is 3. The molecule has 0 saturated heterocycles. The molecule has 0 bridgehead atoms. The Morgan fingerprint density at radius 3 is 2.74 bits per heavy atom. The van der Waals surface area contributed by atoms with Gasteiger partial charge < -0.3 is 4.40 Å². The summed E-state index contributed by atoms with van der Waals surface area (Å²) in [5.41, 5.74) is 4.12. The molecular formula is C15H11N3S. The number of aromatic nitrogens is 3. The van der Waals surface area contributed by atoms with E-state index in [4.69, 9.17) is 0 Å². The molecule has 0 N–H and O–H groups in total. The molecule has 92 valence electrons. The predicted octanol–water partition coefficient (Wildman–Crippen LogP) is 3.92. The van der Waals surface area contributed by atoms with Crippen molar-refractivity contribution in [2.45, 2.75) is 6.92 Å². The third kappa shape index (κ3) is 1.64. The van der Waals surface area contributed by atoms with Gasteiger partial charge in [-0.2, -0.15) is 0 Å². The van der Waals surface area contributed by atoms with Gasteiger partial charge in [0.25, 0.3) is 0 Å². The van der Waals surface area contributed by atoms with Crippen LogP contribution in [0.15, 0.2) is 48.7 Å². The standard InChI is InChI=1S/C15H11N3S/c1-10-5-4-8-14-16-12(9-18(10)14)15-17-11-6-2-3-7-13(11)19-15/h2-9H,1H3. The van der Waals surface area contributed by atoms with E-state index < -0.39 is 0 Å². The Balaban J connectivity index is 1.96. The number of para-hydroxylation sites is 1. The number of aryl methyl sites for hydroxylation is 1. The molecule has 0 unspecified atom stereocenters. The Bertz CT molecular complexity index is 856. The Morgan fingerprint density at radius 2 is 1.89 bits per heavy atom. The smallest absolute Gasteiger partial charge is 0.144 e. The van der Waals surface area contributed by atoms with Crippen LogP contribution in [0, 0.1) is 6.92 Å². The summed E-state index contributed by atoms with van der Waals surface area (Å²) in [6.45, 7) is 2.08. The van der Waals surface area contributed by atoms with Crippen LogP contribution in [0.2, 0.25) is 0 Å². The van der Waals surface area contributed by atoms with Gasteiger partial charge in [0.05, 0.1) is 10.2 Å². The summed E-state index contributed by atoms with van der Waals surface area (Å²) in [5.74, 6) is 0. The van der Waals surface area contributed by atoms with Crippen molar-refractivity contribution in [3.05, 3.63) is 54.4 Å². The number of fused-ring (bicyclic) bond motifs is 2. The fraction of sp³-hybridized carbons (Fsp3) is 0.0667. The molecule has 0 atom stereocenters. The Labute approximate surface area is 114 Å². The van der Waals surface area contributed by atoms with Gasteiger partial charge in [-0.15, -0.1) is 11.3 Å². The fourth-order valence-corrected chi connectivity index (χ4v) is 3.15. The van der Waals surface area contributed by atoms with E-state index in [0.717, 1.165) is 21.9 Å². The van der Waals surface area contributed by atoms with E-state index >= 15 is 0 Å². The summed E-state index contributed by atoms with van der Waals surface area (Å²) in [6, 6.07) is 14.3. The highest BCUT2D eigenvalue weighted by molar-refractivity contribution is 7.21. The Morgan fingerprint density at radius 1 is 1.00 bits per heavy atom. The van der Waals surface area contributed by atoms with E-state index in [0.29, 0.717) is 0 Å². The lowest BCUT2D eigenvalue weighted by molar-refractivity contribution is 1.09. The van der Waals surface area contributed by atoms with Crippen LogP contribution in [0.25, 0.3) is 26.6 Å². The lowest BCUT2D eigenvalue weighted by Gasteiger charge is -1.95. The molecule has 0 aliphatic rings. The second-order valence-corrected chi connectivity index (χ2v) is 5.54. The molecule has 0 saturated carbocycles. The van der Waals surface area contributed by atoms with E-state index in [1.165, 1.54) is 10.4 Å². The summed E-state index contributed by atoms with van der Waals surface area (Å²) >= 11 is 1.68. The Kier molecular flexibility index (Phi) is 2.19. The van der Waals surface area contributed by atoms with Crippen molar-refractivity contribution < 1.29 is 0 Å². The van der Waals surface area contributed by atoms with Gasteiger partial charge in [0.1, 0.15) is 16.3 Å². The van der Waals surface area contributed by atoms with E-state index in [9.17, 15) is 0 Å². The van der Waals surface area contributed by atoms with Crippen molar-refractivity contribution in [2.75, 3.05) is 0 Å². The Hall–Kier alpha value is -2.20. The third-order valence-electron chi connectivity index (χ3n) is 3.21. The zero-order chi connectivity index (χ0) is 12.8. The van der Waals surface area contributed by atoms with Crippen molar-refractivity contribution in [2.24, 2.45) is 0 Å². The van der Waals surface area contributed by atoms with Crippen molar-refractivity contribution in [1.82, 2.24) is 14.4 Å². The number of hydrogen-bond acceptors (Lipinski definition) is 3. The van der Waals surface area contributed by atoms with Crippen molar-refractivity contribution >= 4 is 27.2 Å². The minimum atomic E-state index is 0.940. The molecule has 0 aliphatic carbocycles. The van der Waals surface area contributed by atoms with Gasteiger partial charge in [-0.3, -0.25) is 0 Å². The average molecular weight is 265 g/mol. The lowest BCUT2D eigenvalue weighted by atomic mass is 10.3. The molecule has 3 aromatic heterocycles. The topological polar surface area (TPSA) is 30.2 Å². The second-order valence-electron chi connectivity index (χ2n) is 4.51. The first-order valence-electron chi connectivity index (χ1n) is 6.12. The SMILES string of the molecule is Cc1cccc2nc(-c3nc4ccccc4s3)cn12. The van der Waals surface area contributed by atoms with Gasteiger partial charge in [-0.1, -0.05) is 18.2 Å².